The number of anilines is 1. The topological polar surface area (TPSA) is 49.2 Å². The third-order valence-corrected chi connectivity index (χ3v) is 4.01. The van der Waals surface area contributed by atoms with Crippen LogP contribution >= 0.6 is 0 Å². The van der Waals surface area contributed by atoms with Crippen LogP contribution in [0.5, 0.6) is 0 Å². The van der Waals surface area contributed by atoms with E-state index >= 15 is 0 Å². The number of amidine groups is 1. The molecule has 5 heteroatoms. The zero-order chi connectivity index (χ0) is 17.5. The molecule has 2 aromatic carbocycles. The van der Waals surface area contributed by atoms with Gasteiger partial charge in [-0.15, -0.1) is 0 Å². The maximum Gasteiger partial charge on any atom is 0.205 e. The van der Waals surface area contributed by atoms with Crippen molar-refractivity contribution in [2.24, 2.45) is 9.98 Å². The van der Waals surface area contributed by atoms with Gasteiger partial charge in [0, 0.05) is 18.8 Å². The second-order valence-corrected chi connectivity index (χ2v) is 5.97. The Morgan fingerprint density at radius 1 is 1.00 bits per heavy atom. The Morgan fingerprint density at radius 2 is 1.68 bits per heavy atom. The lowest BCUT2D eigenvalue weighted by molar-refractivity contribution is 0.0681. The highest BCUT2D eigenvalue weighted by atomic mass is 16.5. The molecule has 2 aromatic rings. The van der Waals surface area contributed by atoms with Crippen LogP contribution in [0.3, 0.4) is 0 Å². The fourth-order valence-corrected chi connectivity index (χ4v) is 2.64. The molecule has 1 aliphatic rings. The summed E-state index contributed by atoms with van der Waals surface area (Å²) in [5, 5.41) is 3.42. The number of para-hydroxylation sites is 2. The monoisotopic (exact) mass is 336 g/mol. The van der Waals surface area contributed by atoms with Crippen molar-refractivity contribution < 1.29 is 4.74 Å². The fourth-order valence-electron chi connectivity index (χ4n) is 2.64. The molecule has 0 aromatic heterocycles. The van der Waals surface area contributed by atoms with E-state index in [1.54, 1.807) is 0 Å². The first kappa shape index (κ1) is 17.2. The Kier molecular flexibility index (Phi) is 5.80. The molecule has 0 aliphatic carbocycles. The van der Waals surface area contributed by atoms with Gasteiger partial charge >= 0.3 is 0 Å². The first-order chi connectivity index (χ1) is 12.2. The van der Waals surface area contributed by atoms with Crippen molar-refractivity contribution in [1.82, 2.24) is 4.90 Å². The van der Waals surface area contributed by atoms with Crippen molar-refractivity contribution in [3.63, 3.8) is 0 Å². The van der Waals surface area contributed by atoms with Crippen molar-refractivity contribution in [1.29, 1.82) is 0 Å². The molecule has 0 amide bonds. The van der Waals surface area contributed by atoms with Crippen LogP contribution in [-0.4, -0.2) is 43.0 Å². The molecular formula is C20H24N4O. The van der Waals surface area contributed by atoms with Crippen LogP contribution < -0.4 is 5.32 Å². The summed E-state index contributed by atoms with van der Waals surface area (Å²) in [7, 11) is 0. The van der Waals surface area contributed by atoms with Crippen LogP contribution in [-0.2, 0) is 4.74 Å². The summed E-state index contributed by atoms with van der Waals surface area (Å²) in [4.78, 5) is 11.6. The highest BCUT2D eigenvalue weighted by Crippen LogP contribution is 2.17. The van der Waals surface area contributed by atoms with E-state index in [-0.39, 0.29) is 0 Å². The Hall–Kier alpha value is -2.66. The number of aliphatic imine (C=N–C) groups is 2. The van der Waals surface area contributed by atoms with Gasteiger partial charge in [-0.05, 0) is 37.6 Å². The predicted octanol–water partition coefficient (Wildman–Crippen LogP) is 3.85. The lowest BCUT2D eigenvalue weighted by Crippen LogP contribution is -2.44. The number of aryl methyl sites for hydroxylation is 1. The van der Waals surface area contributed by atoms with Crippen molar-refractivity contribution in [3.8, 4) is 0 Å². The average molecular weight is 336 g/mol. The summed E-state index contributed by atoms with van der Waals surface area (Å²) >= 11 is 0. The summed E-state index contributed by atoms with van der Waals surface area (Å²) < 4.78 is 5.46. The number of hydrogen-bond acceptors (Lipinski definition) is 2. The van der Waals surface area contributed by atoms with Gasteiger partial charge < -0.3 is 15.0 Å². The number of guanidine groups is 1. The summed E-state index contributed by atoms with van der Waals surface area (Å²) in [5.41, 5.74) is 3.10. The number of nitrogens with one attached hydrogen (secondary N) is 1. The second kappa shape index (κ2) is 8.44. The van der Waals surface area contributed by atoms with E-state index in [1.807, 2.05) is 55.5 Å². The van der Waals surface area contributed by atoms with Crippen LogP contribution in [0, 0.1) is 6.92 Å². The summed E-state index contributed by atoms with van der Waals surface area (Å²) in [6.07, 6.45) is 0. The minimum atomic E-state index is 0.712. The maximum atomic E-state index is 5.46. The minimum Gasteiger partial charge on any atom is -0.378 e. The van der Waals surface area contributed by atoms with Gasteiger partial charge in [0.2, 0.25) is 5.96 Å². The van der Waals surface area contributed by atoms with Crippen molar-refractivity contribution in [2.75, 3.05) is 31.6 Å². The molecule has 1 fully saturated rings. The Labute approximate surface area is 149 Å². The first-order valence-corrected chi connectivity index (χ1v) is 8.57. The highest BCUT2D eigenvalue weighted by molar-refractivity contribution is 6.02. The van der Waals surface area contributed by atoms with Gasteiger partial charge in [-0.3, -0.25) is 0 Å². The van der Waals surface area contributed by atoms with Gasteiger partial charge in [0.15, 0.2) is 0 Å². The van der Waals surface area contributed by atoms with E-state index in [4.69, 9.17) is 9.73 Å². The number of hydrogen-bond donors (Lipinski definition) is 1. The van der Waals surface area contributed by atoms with E-state index in [2.05, 4.69) is 28.2 Å². The van der Waals surface area contributed by atoms with Gasteiger partial charge in [0.25, 0.3) is 0 Å². The van der Waals surface area contributed by atoms with Crippen LogP contribution in [0.2, 0.25) is 0 Å². The molecule has 25 heavy (non-hydrogen) atoms. The van der Waals surface area contributed by atoms with E-state index in [1.165, 1.54) is 0 Å². The molecule has 0 spiro atoms. The van der Waals surface area contributed by atoms with Gasteiger partial charge in [0.05, 0.1) is 18.9 Å². The summed E-state index contributed by atoms with van der Waals surface area (Å²) in [5.74, 6) is 1.53. The molecular weight excluding hydrogens is 312 g/mol. The normalized spacial score (nSPS) is 16.0. The number of morpholine rings is 1. The Balaban J connectivity index is 1.86. The fraction of sp³-hybridized carbons (Fsp3) is 0.300. The molecule has 3 rings (SSSR count). The third-order valence-electron chi connectivity index (χ3n) is 4.01. The molecule has 0 saturated carbocycles. The largest absolute Gasteiger partial charge is 0.378 e. The average Bonchev–Trinajstić information content (AvgIpc) is 2.65. The number of benzene rings is 2. The molecule has 0 unspecified atom stereocenters. The SMILES string of the molecule is CC(=Nc1ccccc1C)N=C(Nc1ccccc1)N1CCOCC1. The molecule has 5 nitrogen and oxygen atoms in total. The van der Waals surface area contributed by atoms with E-state index < -0.39 is 0 Å². The highest BCUT2D eigenvalue weighted by Gasteiger charge is 2.15. The molecule has 0 bridgehead atoms. The van der Waals surface area contributed by atoms with Crippen molar-refractivity contribution >= 4 is 23.2 Å². The van der Waals surface area contributed by atoms with Gasteiger partial charge in [-0.1, -0.05) is 36.4 Å². The zero-order valence-corrected chi connectivity index (χ0v) is 14.8. The van der Waals surface area contributed by atoms with Crippen LogP contribution in [0.25, 0.3) is 0 Å². The summed E-state index contributed by atoms with van der Waals surface area (Å²) in [6.45, 7) is 7.04. The molecule has 1 saturated heterocycles. The third kappa shape index (κ3) is 4.90. The van der Waals surface area contributed by atoms with E-state index in [0.29, 0.717) is 13.2 Å². The predicted molar refractivity (Wildman–Crippen MR) is 104 cm³/mol. The molecule has 1 N–H and O–H groups in total. The van der Waals surface area contributed by atoms with E-state index in [0.717, 1.165) is 41.8 Å². The maximum absolute atomic E-state index is 5.46. The van der Waals surface area contributed by atoms with Crippen molar-refractivity contribution in [2.45, 2.75) is 13.8 Å². The van der Waals surface area contributed by atoms with Crippen LogP contribution in [0.15, 0.2) is 64.6 Å². The van der Waals surface area contributed by atoms with Crippen LogP contribution in [0.1, 0.15) is 12.5 Å². The Morgan fingerprint density at radius 3 is 2.40 bits per heavy atom. The molecule has 1 aliphatic heterocycles. The van der Waals surface area contributed by atoms with Gasteiger partial charge in [-0.2, -0.15) is 4.99 Å². The first-order valence-electron chi connectivity index (χ1n) is 8.57. The van der Waals surface area contributed by atoms with Gasteiger partial charge in [-0.25, -0.2) is 4.99 Å². The molecule has 1 heterocycles. The molecule has 130 valence electrons. The second-order valence-electron chi connectivity index (χ2n) is 5.97. The number of nitrogens with zero attached hydrogens (tertiary/aromatic N) is 3. The zero-order valence-electron chi connectivity index (χ0n) is 14.8. The van der Waals surface area contributed by atoms with Gasteiger partial charge in [0.1, 0.15) is 5.84 Å². The summed E-state index contributed by atoms with van der Waals surface area (Å²) in [6, 6.07) is 18.2. The number of ether oxygens (including phenoxy) is 1. The van der Waals surface area contributed by atoms with E-state index in [9.17, 15) is 0 Å². The van der Waals surface area contributed by atoms with Crippen LogP contribution in [0.4, 0.5) is 11.4 Å². The quantitative estimate of drug-likeness (QED) is 0.669. The lowest BCUT2D eigenvalue weighted by atomic mass is 10.2. The lowest BCUT2D eigenvalue weighted by Gasteiger charge is -2.30. The number of rotatable bonds is 2. The minimum absolute atomic E-state index is 0.712. The standard InChI is InChI=1S/C20H24N4O/c1-16-8-6-7-11-19(16)21-17(2)22-20(24-12-14-25-15-13-24)23-18-9-4-3-5-10-18/h3-11H,12-15H2,1-2H3,(H,21,22,23). The Bertz CT molecular complexity index is 749. The molecule has 0 radical (unpaired) electrons. The molecule has 0 atom stereocenters. The smallest absolute Gasteiger partial charge is 0.205 e. The van der Waals surface area contributed by atoms with Crippen molar-refractivity contribution in [3.05, 3.63) is 60.2 Å².